The normalized spacial score (nSPS) is 29.3. The zero-order valence-electron chi connectivity index (χ0n) is 12.3. The van der Waals surface area contributed by atoms with Crippen LogP contribution in [0.1, 0.15) is 50.2 Å². The number of carboxylic acid groups (broad SMARTS) is 1. The van der Waals surface area contributed by atoms with Crippen molar-refractivity contribution < 1.29 is 28.2 Å². The van der Waals surface area contributed by atoms with E-state index in [4.69, 9.17) is 0 Å². The first-order chi connectivity index (χ1) is 10.2. The molecule has 0 radical (unpaired) electrons. The number of carbonyl (C=O) groups is 1. The van der Waals surface area contributed by atoms with Crippen LogP contribution in [0, 0.1) is 0 Å². The third-order valence-electron chi connectivity index (χ3n) is 4.84. The number of aliphatic hydroxyl groups is 1. The molecular weight excluding hydrogens is 297 g/mol. The summed E-state index contributed by atoms with van der Waals surface area (Å²) in [4.78, 5) is 12.0. The third-order valence-corrected chi connectivity index (χ3v) is 4.84. The molecule has 1 aliphatic rings. The Hall–Kier alpha value is -1.56. The van der Waals surface area contributed by atoms with Gasteiger partial charge in [0, 0.05) is 0 Å². The van der Waals surface area contributed by atoms with Gasteiger partial charge in [-0.05, 0) is 37.0 Å². The second-order valence-corrected chi connectivity index (χ2v) is 5.88. The lowest BCUT2D eigenvalue weighted by Gasteiger charge is -2.47. The maximum absolute atomic E-state index is 12.7. The number of carboxylic acids is 1. The Bertz CT molecular complexity index is 553. The van der Waals surface area contributed by atoms with Gasteiger partial charge < -0.3 is 10.2 Å². The van der Waals surface area contributed by atoms with Crippen molar-refractivity contribution in [2.24, 2.45) is 0 Å². The van der Waals surface area contributed by atoms with Crippen molar-refractivity contribution in [2.75, 3.05) is 0 Å². The first-order valence-corrected chi connectivity index (χ1v) is 7.31. The number of aliphatic carboxylic acids is 1. The van der Waals surface area contributed by atoms with Gasteiger partial charge in [0.2, 0.25) is 0 Å². The number of benzene rings is 1. The van der Waals surface area contributed by atoms with Gasteiger partial charge in [0.05, 0.1) is 11.2 Å². The van der Waals surface area contributed by atoms with E-state index in [9.17, 15) is 28.2 Å². The fourth-order valence-electron chi connectivity index (χ4n) is 3.52. The van der Waals surface area contributed by atoms with E-state index in [2.05, 4.69) is 0 Å². The van der Waals surface area contributed by atoms with Crippen molar-refractivity contribution in [3.63, 3.8) is 0 Å². The highest BCUT2D eigenvalue weighted by molar-refractivity contribution is 5.83. The number of halogens is 3. The minimum Gasteiger partial charge on any atom is -0.480 e. The quantitative estimate of drug-likeness (QED) is 0.893. The number of alkyl halides is 3. The summed E-state index contributed by atoms with van der Waals surface area (Å²) in [6.07, 6.45) is -2.35. The molecule has 2 N–H and O–H groups in total. The molecule has 2 rings (SSSR count). The van der Waals surface area contributed by atoms with Crippen LogP contribution in [0.25, 0.3) is 0 Å². The van der Waals surface area contributed by atoms with Gasteiger partial charge in [-0.3, -0.25) is 4.79 Å². The first kappa shape index (κ1) is 16.8. The van der Waals surface area contributed by atoms with Crippen LogP contribution in [0.5, 0.6) is 0 Å². The SMILES string of the molecule is CCC1(O)CCCCC1(C(=O)O)c1ccc(C(F)(F)F)cc1. The molecule has 2 unspecified atom stereocenters. The topological polar surface area (TPSA) is 57.5 Å². The average Bonchev–Trinajstić information content (AvgIpc) is 2.47. The summed E-state index contributed by atoms with van der Waals surface area (Å²) in [5.74, 6) is -1.18. The largest absolute Gasteiger partial charge is 0.480 e. The van der Waals surface area contributed by atoms with Gasteiger partial charge in [-0.1, -0.05) is 31.9 Å². The predicted molar refractivity (Wildman–Crippen MR) is 74.5 cm³/mol. The molecule has 1 aromatic carbocycles. The van der Waals surface area contributed by atoms with Crippen molar-refractivity contribution >= 4 is 5.97 Å². The zero-order valence-corrected chi connectivity index (χ0v) is 12.3. The van der Waals surface area contributed by atoms with E-state index in [-0.39, 0.29) is 18.4 Å². The van der Waals surface area contributed by atoms with Gasteiger partial charge in [0.15, 0.2) is 0 Å². The lowest BCUT2D eigenvalue weighted by atomic mass is 9.58. The Morgan fingerprint density at radius 3 is 2.18 bits per heavy atom. The zero-order chi connectivity index (χ0) is 16.6. The van der Waals surface area contributed by atoms with Gasteiger partial charge >= 0.3 is 12.1 Å². The first-order valence-electron chi connectivity index (χ1n) is 7.31. The molecule has 0 amide bonds. The highest BCUT2D eigenvalue weighted by Gasteiger charge is 2.57. The van der Waals surface area contributed by atoms with Crippen molar-refractivity contribution in [3.05, 3.63) is 35.4 Å². The second kappa shape index (κ2) is 5.57. The Labute approximate surface area is 126 Å². The molecule has 0 bridgehead atoms. The van der Waals surface area contributed by atoms with E-state index in [1.807, 2.05) is 0 Å². The minimum absolute atomic E-state index is 0.220. The molecular formula is C16H19F3O3. The summed E-state index contributed by atoms with van der Waals surface area (Å²) in [5, 5.41) is 20.6. The molecule has 122 valence electrons. The van der Waals surface area contributed by atoms with Crippen LogP contribution in [-0.2, 0) is 16.4 Å². The van der Waals surface area contributed by atoms with Crippen LogP contribution in [-0.4, -0.2) is 21.8 Å². The smallest absolute Gasteiger partial charge is 0.416 e. The van der Waals surface area contributed by atoms with E-state index in [1.165, 1.54) is 12.1 Å². The van der Waals surface area contributed by atoms with Crippen molar-refractivity contribution in [1.29, 1.82) is 0 Å². The fraction of sp³-hybridized carbons (Fsp3) is 0.562. The van der Waals surface area contributed by atoms with Crippen molar-refractivity contribution in [2.45, 2.75) is 56.2 Å². The van der Waals surface area contributed by atoms with E-state index < -0.39 is 28.7 Å². The molecule has 22 heavy (non-hydrogen) atoms. The number of hydrogen-bond donors (Lipinski definition) is 2. The van der Waals surface area contributed by atoms with E-state index in [0.717, 1.165) is 12.1 Å². The van der Waals surface area contributed by atoms with Crippen LogP contribution in [0.4, 0.5) is 13.2 Å². The van der Waals surface area contributed by atoms with Crippen LogP contribution >= 0.6 is 0 Å². The molecule has 1 fully saturated rings. The fourth-order valence-corrected chi connectivity index (χ4v) is 3.52. The van der Waals surface area contributed by atoms with Gasteiger partial charge in [-0.2, -0.15) is 13.2 Å². The molecule has 2 atom stereocenters. The van der Waals surface area contributed by atoms with E-state index >= 15 is 0 Å². The summed E-state index contributed by atoms with van der Waals surface area (Å²) in [6.45, 7) is 1.70. The third kappa shape index (κ3) is 2.49. The summed E-state index contributed by atoms with van der Waals surface area (Å²) >= 11 is 0. The maximum atomic E-state index is 12.7. The predicted octanol–water partition coefficient (Wildman–Crippen LogP) is 3.74. The molecule has 0 saturated heterocycles. The Kier molecular flexibility index (Phi) is 4.26. The molecule has 0 aromatic heterocycles. The molecule has 1 aromatic rings. The summed E-state index contributed by atoms with van der Waals surface area (Å²) in [6, 6.07) is 4.13. The molecule has 0 heterocycles. The Morgan fingerprint density at radius 2 is 1.73 bits per heavy atom. The standard InChI is InChI=1S/C16H19F3O3/c1-2-14(22)9-3-4-10-15(14,13(20)21)11-5-7-12(8-6-11)16(17,18)19/h5-8,22H,2-4,9-10H2,1H3,(H,20,21). The highest BCUT2D eigenvalue weighted by atomic mass is 19.4. The average molecular weight is 316 g/mol. The molecule has 1 saturated carbocycles. The Morgan fingerprint density at radius 1 is 1.18 bits per heavy atom. The summed E-state index contributed by atoms with van der Waals surface area (Å²) in [7, 11) is 0. The van der Waals surface area contributed by atoms with E-state index in [0.29, 0.717) is 19.3 Å². The molecule has 3 nitrogen and oxygen atoms in total. The monoisotopic (exact) mass is 316 g/mol. The van der Waals surface area contributed by atoms with Crippen LogP contribution in [0.15, 0.2) is 24.3 Å². The van der Waals surface area contributed by atoms with Gasteiger partial charge in [-0.15, -0.1) is 0 Å². The second-order valence-electron chi connectivity index (χ2n) is 5.88. The Balaban J connectivity index is 2.54. The van der Waals surface area contributed by atoms with Crippen LogP contribution < -0.4 is 0 Å². The van der Waals surface area contributed by atoms with Crippen LogP contribution in [0.3, 0.4) is 0 Å². The maximum Gasteiger partial charge on any atom is 0.416 e. The van der Waals surface area contributed by atoms with Gasteiger partial charge in [0.1, 0.15) is 5.41 Å². The van der Waals surface area contributed by atoms with Crippen LogP contribution in [0.2, 0.25) is 0 Å². The van der Waals surface area contributed by atoms with Gasteiger partial charge in [0.25, 0.3) is 0 Å². The van der Waals surface area contributed by atoms with Crippen molar-refractivity contribution in [1.82, 2.24) is 0 Å². The summed E-state index contributed by atoms with van der Waals surface area (Å²) in [5.41, 5.74) is -3.59. The summed E-state index contributed by atoms with van der Waals surface area (Å²) < 4.78 is 38.0. The minimum atomic E-state index is -4.47. The highest BCUT2D eigenvalue weighted by Crippen LogP contribution is 2.49. The molecule has 0 spiro atoms. The molecule has 6 heteroatoms. The number of hydrogen-bond acceptors (Lipinski definition) is 2. The van der Waals surface area contributed by atoms with Crippen molar-refractivity contribution in [3.8, 4) is 0 Å². The number of rotatable bonds is 3. The molecule has 0 aliphatic heterocycles. The van der Waals surface area contributed by atoms with E-state index in [1.54, 1.807) is 6.92 Å². The lowest BCUT2D eigenvalue weighted by molar-refractivity contribution is -0.162. The molecule has 1 aliphatic carbocycles. The van der Waals surface area contributed by atoms with Gasteiger partial charge in [-0.25, -0.2) is 0 Å². The lowest BCUT2D eigenvalue weighted by Crippen LogP contribution is -2.58.